The summed E-state index contributed by atoms with van der Waals surface area (Å²) in [6.07, 6.45) is 0. The SMILES string of the molecule is Cc1cccc(N2CCN(C(=O)c3ccc(Cl)c(N4C(=O)C(C)(C)CS4(=O)=O)c3)CC2)c1. The van der Waals surface area contributed by atoms with E-state index >= 15 is 0 Å². The van der Waals surface area contributed by atoms with Crippen LogP contribution >= 0.6 is 11.6 Å². The highest BCUT2D eigenvalue weighted by atomic mass is 35.5. The Hall–Kier alpha value is -2.58. The summed E-state index contributed by atoms with van der Waals surface area (Å²) in [7, 11) is -3.86. The van der Waals surface area contributed by atoms with Crippen LogP contribution in [0.2, 0.25) is 5.02 Å². The summed E-state index contributed by atoms with van der Waals surface area (Å²) in [6.45, 7) is 7.70. The number of nitrogens with zero attached hydrogens (tertiary/aromatic N) is 3. The van der Waals surface area contributed by atoms with Crippen LogP contribution in [0.3, 0.4) is 0 Å². The predicted octanol–water partition coefficient (Wildman–Crippen LogP) is 3.31. The first-order valence-corrected chi connectivity index (χ1v) is 12.5. The number of hydrogen-bond donors (Lipinski definition) is 0. The van der Waals surface area contributed by atoms with Crippen LogP contribution in [0.5, 0.6) is 0 Å². The van der Waals surface area contributed by atoms with Crippen LogP contribution in [0.15, 0.2) is 42.5 Å². The molecule has 9 heteroatoms. The fraction of sp³-hybridized carbons (Fsp3) is 0.391. The van der Waals surface area contributed by atoms with Crippen LogP contribution in [0, 0.1) is 12.3 Å². The Labute approximate surface area is 193 Å². The van der Waals surface area contributed by atoms with Gasteiger partial charge >= 0.3 is 0 Å². The maximum Gasteiger partial charge on any atom is 0.254 e. The fourth-order valence-electron chi connectivity index (χ4n) is 4.22. The third-order valence-electron chi connectivity index (χ3n) is 5.93. The molecule has 2 aliphatic heterocycles. The first-order chi connectivity index (χ1) is 15.0. The van der Waals surface area contributed by atoms with Gasteiger partial charge in [0, 0.05) is 37.4 Å². The molecule has 2 aliphatic rings. The molecule has 0 unspecified atom stereocenters. The number of carbonyl (C=O) groups excluding carboxylic acids is 2. The van der Waals surface area contributed by atoms with Gasteiger partial charge in [0.2, 0.25) is 15.9 Å². The van der Waals surface area contributed by atoms with E-state index in [-0.39, 0.29) is 22.4 Å². The van der Waals surface area contributed by atoms with Gasteiger partial charge in [-0.2, -0.15) is 0 Å². The summed E-state index contributed by atoms with van der Waals surface area (Å²) in [4.78, 5) is 29.9. The number of amides is 2. The minimum atomic E-state index is -3.86. The first kappa shape index (κ1) is 22.6. The largest absolute Gasteiger partial charge is 0.368 e. The van der Waals surface area contributed by atoms with Gasteiger partial charge in [0.15, 0.2) is 0 Å². The van der Waals surface area contributed by atoms with Crippen molar-refractivity contribution in [3.63, 3.8) is 0 Å². The summed E-state index contributed by atoms with van der Waals surface area (Å²) >= 11 is 6.26. The van der Waals surface area contributed by atoms with Crippen molar-refractivity contribution in [1.29, 1.82) is 0 Å². The highest BCUT2D eigenvalue weighted by molar-refractivity contribution is 7.94. The lowest BCUT2D eigenvalue weighted by Gasteiger charge is -2.36. The molecule has 4 rings (SSSR count). The Kier molecular flexibility index (Phi) is 5.71. The zero-order valence-corrected chi connectivity index (χ0v) is 19.9. The Morgan fingerprint density at radius 3 is 2.31 bits per heavy atom. The third kappa shape index (κ3) is 4.09. The number of hydrogen-bond acceptors (Lipinski definition) is 5. The molecule has 7 nitrogen and oxygen atoms in total. The Morgan fingerprint density at radius 2 is 1.72 bits per heavy atom. The lowest BCUT2D eigenvalue weighted by Crippen LogP contribution is -2.48. The number of piperazine rings is 1. The zero-order valence-electron chi connectivity index (χ0n) is 18.3. The highest BCUT2D eigenvalue weighted by Crippen LogP contribution is 2.39. The van der Waals surface area contributed by atoms with Gasteiger partial charge in [0.1, 0.15) is 0 Å². The van der Waals surface area contributed by atoms with Crippen LogP contribution in [0.4, 0.5) is 11.4 Å². The Morgan fingerprint density at radius 1 is 1.03 bits per heavy atom. The maximum absolute atomic E-state index is 13.2. The second-order valence-corrected chi connectivity index (χ2v) is 11.2. The van der Waals surface area contributed by atoms with Crippen LogP contribution in [0.25, 0.3) is 0 Å². The van der Waals surface area contributed by atoms with Crippen molar-refractivity contribution >= 4 is 44.8 Å². The summed E-state index contributed by atoms with van der Waals surface area (Å²) in [6, 6.07) is 12.7. The molecule has 170 valence electrons. The van der Waals surface area contributed by atoms with Gasteiger partial charge in [-0.1, -0.05) is 23.7 Å². The summed E-state index contributed by atoms with van der Waals surface area (Å²) in [5, 5.41) is 0.112. The van der Waals surface area contributed by atoms with E-state index in [4.69, 9.17) is 11.6 Å². The maximum atomic E-state index is 13.2. The van der Waals surface area contributed by atoms with E-state index in [1.54, 1.807) is 24.8 Å². The van der Waals surface area contributed by atoms with E-state index in [0.29, 0.717) is 31.7 Å². The number of rotatable bonds is 3. The Balaban J connectivity index is 1.54. The molecule has 2 aromatic rings. The molecular weight excluding hydrogens is 450 g/mol. The number of benzene rings is 2. The number of sulfonamides is 1. The van der Waals surface area contributed by atoms with E-state index in [1.165, 1.54) is 17.7 Å². The van der Waals surface area contributed by atoms with Gasteiger partial charge in [0.05, 0.1) is 21.9 Å². The predicted molar refractivity (Wildman–Crippen MR) is 126 cm³/mol. The smallest absolute Gasteiger partial charge is 0.254 e. The van der Waals surface area contributed by atoms with Gasteiger partial charge < -0.3 is 9.80 Å². The molecule has 0 aliphatic carbocycles. The van der Waals surface area contributed by atoms with Crippen molar-refractivity contribution in [3.05, 3.63) is 58.6 Å². The van der Waals surface area contributed by atoms with Gasteiger partial charge in [-0.15, -0.1) is 0 Å². The van der Waals surface area contributed by atoms with Crippen molar-refractivity contribution in [2.75, 3.05) is 41.1 Å². The monoisotopic (exact) mass is 475 g/mol. The second-order valence-electron chi connectivity index (χ2n) is 8.99. The minimum absolute atomic E-state index is 0.0338. The van der Waals surface area contributed by atoms with Crippen LogP contribution in [-0.2, 0) is 14.8 Å². The molecule has 0 spiro atoms. The van der Waals surface area contributed by atoms with Crippen molar-refractivity contribution in [2.45, 2.75) is 20.8 Å². The van der Waals surface area contributed by atoms with Crippen molar-refractivity contribution in [1.82, 2.24) is 4.90 Å². The highest BCUT2D eigenvalue weighted by Gasteiger charge is 2.50. The zero-order chi connectivity index (χ0) is 23.3. The molecule has 2 amide bonds. The molecule has 2 fully saturated rings. The second kappa shape index (κ2) is 8.08. The standard InChI is InChI=1S/C23H26ClN3O4S/c1-16-5-4-6-18(13-16)25-9-11-26(12-10-25)21(28)17-7-8-19(24)20(14-17)27-22(29)23(2,3)15-32(27,30)31/h4-8,13-14H,9-12,15H2,1-3H3. The van der Waals surface area contributed by atoms with Crippen LogP contribution in [0.1, 0.15) is 29.8 Å². The minimum Gasteiger partial charge on any atom is -0.368 e. The molecule has 0 atom stereocenters. The molecular formula is C23H26ClN3O4S. The molecule has 0 aromatic heterocycles. The van der Waals surface area contributed by atoms with Crippen molar-refractivity contribution < 1.29 is 18.0 Å². The summed E-state index contributed by atoms with van der Waals surface area (Å²) < 4.78 is 26.1. The number of aryl methyl sites for hydroxylation is 1. The quantitative estimate of drug-likeness (QED) is 0.680. The molecule has 2 saturated heterocycles. The van der Waals surface area contributed by atoms with Gasteiger partial charge in [-0.05, 0) is 56.7 Å². The first-order valence-electron chi connectivity index (χ1n) is 10.5. The molecule has 0 bridgehead atoms. The molecule has 0 radical (unpaired) electrons. The van der Waals surface area contributed by atoms with Crippen LogP contribution in [-0.4, -0.2) is 57.1 Å². The summed E-state index contributed by atoms with van der Waals surface area (Å²) in [5.74, 6) is -1.06. The topological polar surface area (TPSA) is 78.0 Å². The van der Waals surface area contributed by atoms with Gasteiger partial charge in [-0.25, -0.2) is 12.7 Å². The summed E-state index contributed by atoms with van der Waals surface area (Å²) in [5.41, 5.74) is 1.61. The van der Waals surface area contributed by atoms with E-state index < -0.39 is 21.3 Å². The number of anilines is 2. The van der Waals surface area contributed by atoms with E-state index in [1.807, 2.05) is 19.1 Å². The average molecular weight is 476 g/mol. The number of carbonyl (C=O) groups is 2. The fourth-order valence-corrected chi connectivity index (χ4v) is 6.59. The van der Waals surface area contributed by atoms with Crippen molar-refractivity contribution in [2.24, 2.45) is 5.41 Å². The van der Waals surface area contributed by atoms with Gasteiger partial charge in [0.25, 0.3) is 5.91 Å². The lowest BCUT2D eigenvalue weighted by molar-refractivity contribution is -0.123. The van der Waals surface area contributed by atoms with Crippen molar-refractivity contribution in [3.8, 4) is 0 Å². The van der Waals surface area contributed by atoms with E-state index in [0.717, 1.165) is 9.99 Å². The number of halogens is 1. The molecule has 32 heavy (non-hydrogen) atoms. The molecule has 0 N–H and O–H groups in total. The normalized spacial score (nSPS) is 20.0. The van der Waals surface area contributed by atoms with E-state index in [2.05, 4.69) is 17.0 Å². The molecule has 0 saturated carbocycles. The Bertz CT molecular complexity index is 1190. The molecule has 2 heterocycles. The third-order valence-corrected chi connectivity index (χ3v) is 8.26. The lowest BCUT2D eigenvalue weighted by atomic mass is 9.95. The van der Waals surface area contributed by atoms with Gasteiger partial charge in [-0.3, -0.25) is 9.59 Å². The molecule has 2 aromatic carbocycles. The van der Waals surface area contributed by atoms with Crippen LogP contribution < -0.4 is 9.21 Å². The average Bonchev–Trinajstić information content (AvgIpc) is 2.90. The van der Waals surface area contributed by atoms with E-state index in [9.17, 15) is 18.0 Å².